The Morgan fingerprint density at radius 3 is 2.62 bits per heavy atom. The number of fused-ring (bicyclic) bond motifs is 4. The number of rotatable bonds is 4. The van der Waals surface area contributed by atoms with Crippen LogP contribution in [0.15, 0.2) is 23.1 Å². The van der Waals surface area contributed by atoms with Crippen LogP contribution in [0, 0.1) is 0 Å². The van der Waals surface area contributed by atoms with Crippen LogP contribution in [0.2, 0.25) is 0 Å². The normalized spacial score (nSPS) is 24.4. The number of carbonyl (C=O) groups is 1. The van der Waals surface area contributed by atoms with E-state index < -0.39 is 5.60 Å². The number of amides is 1. The molecule has 0 bridgehead atoms. The molecule has 6 rings (SSSR count). The molecule has 1 N–H and O–H groups in total. The Bertz CT molecular complexity index is 1490. The fraction of sp³-hybridized carbons (Fsp3) is 0.593. The fourth-order valence-electron chi connectivity index (χ4n) is 6.28. The summed E-state index contributed by atoms with van der Waals surface area (Å²) in [4.78, 5) is 36.7. The van der Waals surface area contributed by atoms with E-state index in [1.807, 2.05) is 30.2 Å². The molecule has 39 heavy (non-hydrogen) atoms. The lowest BCUT2D eigenvalue weighted by Gasteiger charge is -2.54. The monoisotopic (exact) mass is 537 g/mol. The van der Waals surface area contributed by atoms with E-state index in [1.165, 1.54) is 11.9 Å². The molecular weight excluding hydrogens is 502 g/mol. The maximum absolute atomic E-state index is 14.2. The Balaban J connectivity index is 1.45. The summed E-state index contributed by atoms with van der Waals surface area (Å²) in [5, 5.41) is 19.6. The van der Waals surface area contributed by atoms with Gasteiger partial charge in [0.1, 0.15) is 11.3 Å². The number of anilines is 1. The first-order chi connectivity index (χ1) is 18.6. The minimum absolute atomic E-state index is 0.0148. The molecule has 2 aliphatic heterocycles. The van der Waals surface area contributed by atoms with E-state index in [2.05, 4.69) is 21.9 Å². The van der Waals surface area contributed by atoms with E-state index >= 15 is 0 Å². The van der Waals surface area contributed by atoms with Crippen molar-refractivity contribution in [3.8, 4) is 11.6 Å². The molecular formula is C27H35N7O5. The van der Waals surface area contributed by atoms with E-state index in [0.29, 0.717) is 42.4 Å². The molecule has 3 aromatic rings. The Kier molecular flexibility index (Phi) is 6.05. The molecule has 2 unspecified atom stereocenters. The Labute approximate surface area is 226 Å². The number of piperazine rings is 1. The van der Waals surface area contributed by atoms with Crippen molar-refractivity contribution in [1.82, 2.24) is 29.4 Å². The molecule has 3 aliphatic rings. The summed E-state index contributed by atoms with van der Waals surface area (Å²) >= 11 is 0. The van der Waals surface area contributed by atoms with Crippen LogP contribution in [0.3, 0.4) is 0 Å². The van der Waals surface area contributed by atoms with Crippen molar-refractivity contribution in [2.45, 2.75) is 76.6 Å². The van der Waals surface area contributed by atoms with Crippen LogP contribution in [0.25, 0.3) is 16.9 Å². The lowest BCUT2D eigenvalue weighted by atomic mass is 9.81. The summed E-state index contributed by atoms with van der Waals surface area (Å²) in [7, 11) is 1.54. The van der Waals surface area contributed by atoms with E-state index in [9.17, 15) is 14.7 Å². The number of aromatic nitrogens is 5. The Morgan fingerprint density at radius 2 is 1.95 bits per heavy atom. The molecule has 1 saturated heterocycles. The molecule has 1 amide bonds. The predicted octanol–water partition coefficient (Wildman–Crippen LogP) is 2.61. The molecule has 12 heteroatoms. The molecule has 2 fully saturated rings. The van der Waals surface area contributed by atoms with Gasteiger partial charge in [0, 0.05) is 37.3 Å². The number of carbonyl (C=O) groups excluding carboxylic acids is 1. The minimum Gasteiger partial charge on any atom is -0.481 e. The van der Waals surface area contributed by atoms with Crippen molar-refractivity contribution < 1.29 is 19.4 Å². The van der Waals surface area contributed by atoms with Crippen LogP contribution in [0.4, 0.5) is 10.5 Å². The summed E-state index contributed by atoms with van der Waals surface area (Å²) in [6.07, 6.45) is 3.73. The van der Waals surface area contributed by atoms with Gasteiger partial charge in [0.25, 0.3) is 0 Å². The van der Waals surface area contributed by atoms with Gasteiger partial charge in [-0.3, -0.25) is 4.79 Å². The van der Waals surface area contributed by atoms with Gasteiger partial charge in [-0.05, 0) is 46.1 Å². The largest absolute Gasteiger partial charge is 0.481 e. The maximum atomic E-state index is 14.2. The second kappa shape index (κ2) is 9.22. The van der Waals surface area contributed by atoms with Gasteiger partial charge in [0.15, 0.2) is 11.2 Å². The molecule has 4 atom stereocenters. The van der Waals surface area contributed by atoms with Crippen molar-refractivity contribution in [2.75, 3.05) is 31.7 Å². The van der Waals surface area contributed by atoms with Crippen molar-refractivity contribution >= 4 is 22.9 Å². The molecule has 12 nitrogen and oxygen atoms in total. The van der Waals surface area contributed by atoms with Crippen molar-refractivity contribution in [2.24, 2.45) is 0 Å². The van der Waals surface area contributed by atoms with E-state index in [0.717, 1.165) is 18.5 Å². The number of pyridine rings is 2. The van der Waals surface area contributed by atoms with E-state index in [4.69, 9.17) is 14.6 Å². The van der Waals surface area contributed by atoms with Crippen LogP contribution in [0.1, 0.15) is 64.6 Å². The average molecular weight is 538 g/mol. The topological polar surface area (TPSA) is 128 Å². The summed E-state index contributed by atoms with van der Waals surface area (Å²) in [6.45, 7) is 8.61. The Morgan fingerprint density at radius 1 is 1.18 bits per heavy atom. The number of nitrogens with zero attached hydrogens (tertiary/aromatic N) is 7. The van der Waals surface area contributed by atoms with Gasteiger partial charge in [-0.25, -0.2) is 9.78 Å². The lowest BCUT2D eigenvalue weighted by Crippen LogP contribution is -2.67. The SMILES string of the molecule is COc1cc(-n2nc3c(=O)c(N4CCN(C(=O)OC(C)(C)C)[C@H]5CC[C@@H]54)c4n(c3n2)C(CO)CC4C)ccn1. The van der Waals surface area contributed by atoms with Gasteiger partial charge in [0.2, 0.25) is 11.3 Å². The number of aliphatic hydroxyl groups is 1. The van der Waals surface area contributed by atoms with Crippen LogP contribution in [-0.4, -0.2) is 85.1 Å². The zero-order valence-electron chi connectivity index (χ0n) is 23.0. The van der Waals surface area contributed by atoms with E-state index in [-0.39, 0.29) is 47.7 Å². The number of aliphatic hydroxyl groups excluding tert-OH is 1. The van der Waals surface area contributed by atoms with Crippen LogP contribution in [-0.2, 0) is 4.74 Å². The highest BCUT2D eigenvalue weighted by Crippen LogP contribution is 2.45. The second-order valence-corrected chi connectivity index (χ2v) is 11.7. The highest BCUT2D eigenvalue weighted by Gasteiger charge is 2.48. The molecule has 5 heterocycles. The van der Waals surface area contributed by atoms with Crippen LogP contribution < -0.4 is 15.1 Å². The zero-order valence-corrected chi connectivity index (χ0v) is 23.0. The molecule has 1 saturated carbocycles. The standard InChI is InChI=1S/C27H35N7O5/c1-15-12-17(14-35)33-22(15)23(31-10-11-32(19-7-6-18(19)31)26(37)39-27(2,3)4)24(36)21-25(33)30-34(29-21)16-8-9-28-20(13-16)38-5/h8-9,13,15,17-19,35H,6-7,10-12,14H2,1-5H3/t15?,17?,18-,19-/m0/s1. The van der Waals surface area contributed by atoms with Gasteiger partial charge in [-0.1, -0.05) is 6.92 Å². The van der Waals surface area contributed by atoms with Crippen LogP contribution in [0.5, 0.6) is 5.88 Å². The first-order valence-electron chi connectivity index (χ1n) is 13.5. The van der Waals surface area contributed by atoms with Crippen molar-refractivity contribution in [3.05, 3.63) is 34.2 Å². The number of hydrogen-bond acceptors (Lipinski definition) is 9. The third kappa shape index (κ3) is 4.12. The quantitative estimate of drug-likeness (QED) is 0.534. The fourth-order valence-corrected chi connectivity index (χ4v) is 6.28. The summed E-state index contributed by atoms with van der Waals surface area (Å²) in [6, 6.07) is 3.24. The van der Waals surface area contributed by atoms with Gasteiger partial charge < -0.3 is 28.9 Å². The third-order valence-corrected chi connectivity index (χ3v) is 8.08. The van der Waals surface area contributed by atoms with Gasteiger partial charge >= 0.3 is 6.09 Å². The molecule has 208 valence electrons. The molecule has 3 aromatic heterocycles. The maximum Gasteiger partial charge on any atom is 0.410 e. The molecule has 0 aromatic carbocycles. The minimum atomic E-state index is -0.572. The molecule has 1 aliphatic carbocycles. The summed E-state index contributed by atoms with van der Waals surface area (Å²) in [5.41, 5.74) is 2.07. The third-order valence-electron chi connectivity index (χ3n) is 8.08. The summed E-state index contributed by atoms with van der Waals surface area (Å²) in [5.74, 6) is 0.457. The molecule has 0 spiro atoms. The highest BCUT2D eigenvalue weighted by atomic mass is 16.6. The number of methoxy groups -OCH3 is 1. The second-order valence-electron chi connectivity index (χ2n) is 11.7. The predicted molar refractivity (Wildman–Crippen MR) is 144 cm³/mol. The van der Waals surface area contributed by atoms with Gasteiger partial charge in [0.05, 0.1) is 37.2 Å². The van der Waals surface area contributed by atoms with E-state index in [1.54, 1.807) is 18.3 Å². The highest BCUT2D eigenvalue weighted by molar-refractivity contribution is 5.79. The number of ether oxygens (including phenoxy) is 2. The smallest absolute Gasteiger partial charge is 0.410 e. The van der Waals surface area contributed by atoms with Crippen molar-refractivity contribution in [3.63, 3.8) is 0 Å². The van der Waals surface area contributed by atoms with Crippen LogP contribution >= 0.6 is 0 Å². The molecule has 0 radical (unpaired) electrons. The summed E-state index contributed by atoms with van der Waals surface area (Å²) < 4.78 is 12.9. The zero-order chi connectivity index (χ0) is 27.6. The first kappa shape index (κ1) is 25.6. The van der Waals surface area contributed by atoms with Gasteiger partial charge in [-0.2, -0.15) is 0 Å². The average Bonchev–Trinajstić information content (AvgIpc) is 3.46. The first-order valence-corrected chi connectivity index (χ1v) is 13.5. The van der Waals surface area contributed by atoms with Crippen molar-refractivity contribution in [1.29, 1.82) is 0 Å². The number of hydrogen-bond donors (Lipinski definition) is 1. The van der Waals surface area contributed by atoms with Gasteiger partial charge in [-0.15, -0.1) is 15.0 Å². The lowest BCUT2D eigenvalue weighted by molar-refractivity contribution is -0.00450. The Hall–Kier alpha value is -3.67.